The molecule has 0 aliphatic carbocycles. The van der Waals surface area contributed by atoms with Gasteiger partial charge in [0, 0.05) is 40.8 Å². The highest BCUT2D eigenvalue weighted by Gasteiger charge is 2.15. The maximum absolute atomic E-state index is 5.30. The molecule has 0 fully saturated rings. The summed E-state index contributed by atoms with van der Waals surface area (Å²) in [5.74, 6) is 0.544. The number of H-pyrrole nitrogens is 1. The van der Waals surface area contributed by atoms with Crippen LogP contribution < -0.4 is 4.29 Å². The molecule has 0 radical (unpaired) electrons. The van der Waals surface area contributed by atoms with Gasteiger partial charge in [0.2, 0.25) is 5.88 Å². The standard InChI is InChI=1S/C18H17ClN2O/c1-11-4-6-15-16(10-20-17(15)8-11)13(3)12(2)14-5-7-18(22-19)21-9-14/h4-10,12,20H,3H2,1-2H3. The highest BCUT2D eigenvalue weighted by atomic mass is 35.5. The molecule has 0 aliphatic rings. The van der Waals surface area contributed by atoms with Crippen LogP contribution in [-0.4, -0.2) is 9.97 Å². The molecular weight excluding hydrogens is 296 g/mol. The summed E-state index contributed by atoms with van der Waals surface area (Å²) in [7, 11) is 0. The molecule has 2 heterocycles. The Hall–Kier alpha value is -2.26. The lowest BCUT2D eigenvalue weighted by Gasteiger charge is -2.14. The van der Waals surface area contributed by atoms with Crippen molar-refractivity contribution in [1.82, 2.24) is 9.97 Å². The van der Waals surface area contributed by atoms with E-state index in [9.17, 15) is 0 Å². The molecule has 1 unspecified atom stereocenters. The summed E-state index contributed by atoms with van der Waals surface area (Å²) < 4.78 is 4.58. The number of nitrogens with zero attached hydrogens (tertiary/aromatic N) is 1. The molecular formula is C18H17ClN2O. The van der Waals surface area contributed by atoms with Gasteiger partial charge < -0.3 is 9.27 Å². The van der Waals surface area contributed by atoms with Crippen molar-refractivity contribution in [1.29, 1.82) is 0 Å². The van der Waals surface area contributed by atoms with E-state index in [2.05, 4.69) is 52.9 Å². The van der Waals surface area contributed by atoms with Gasteiger partial charge in [-0.05, 0) is 29.7 Å². The van der Waals surface area contributed by atoms with Gasteiger partial charge in [0.15, 0.2) is 0 Å². The first kappa shape index (κ1) is 14.7. The fourth-order valence-corrected chi connectivity index (χ4v) is 2.72. The summed E-state index contributed by atoms with van der Waals surface area (Å²) in [6, 6.07) is 10.1. The van der Waals surface area contributed by atoms with Crippen LogP contribution in [0.4, 0.5) is 0 Å². The summed E-state index contributed by atoms with van der Waals surface area (Å²) in [4.78, 5) is 7.47. The first-order valence-corrected chi connectivity index (χ1v) is 7.42. The van der Waals surface area contributed by atoms with E-state index in [0.717, 1.165) is 22.2 Å². The van der Waals surface area contributed by atoms with Gasteiger partial charge in [-0.25, -0.2) is 4.98 Å². The Bertz CT molecular complexity index is 821. The fourth-order valence-electron chi connectivity index (χ4n) is 2.63. The molecule has 112 valence electrons. The zero-order valence-corrected chi connectivity index (χ0v) is 13.3. The third-order valence-electron chi connectivity index (χ3n) is 4.04. The minimum atomic E-state index is 0.150. The van der Waals surface area contributed by atoms with Gasteiger partial charge in [-0.2, -0.15) is 0 Å². The Kier molecular flexibility index (Phi) is 3.90. The van der Waals surface area contributed by atoms with E-state index in [1.54, 1.807) is 12.3 Å². The number of fused-ring (bicyclic) bond motifs is 1. The molecule has 3 nitrogen and oxygen atoms in total. The number of allylic oxidation sites excluding steroid dienone is 1. The molecule has 22 heavy (non-hydrogen) atoms. The van der Waals surface area contributed by atoms with Crippen molar-refractivity contribution >= 4 is 28.3 Å². The Morgan fingerprint density at radius 2 is 2.14 bits per heavy atom. The molecule has 1 N–H and O–H groups in total. The van der Waals surface area contributed by atoms with E-state index in [1.165, 1.54) is 10.9 Å². The fraction of sp³-hybridized carbons (Fsp3) is 0.167. The number of aromatic amines is 1. The van der Waals surface area contributed by atoms with Crippen molar-refractivity contribution in [2.75, 3.05) is 0 Å². The Morgan fingerprint density at radius 3 is 2.82 bits per heavy atom. The van der Waals surface area contributed by atoms with Crippen molar-refractivity contribution < 1.29 is 4.29 Å². The van der Waals surface area contributed by atoms with Crippen molar-refractivity contribution in [3.05, 3.63) is 66.0 Å². The van der Waals surface area contributed by atoms with Crippen LogP contribution in [0.25, 0.3) is 16.5 Å². The number of aromatic nitrogens is 2. The van der Waals surface area contributed by atoms with Gasteiger partial charge in [0.05, 0.1) is 0 Å². The molecule has 0 spiro atoms. The van der Waals surface area contributed by atoms with Crippen molar-refractivity contribution in [2.45, 2.75) is 19.8 Å². The molecule has 4 heteroatoms. The minimum absolute atomic E-state index is 0.150. The SMILES string of the molecule is C=C(c1c[nH]c2cc(C)ccc12)C(C)c1ccc(OCl)nc1. The molecule has 3 rings (SSSR count). The summed E-state index contributed by atoms with van der Waals surface area (Å²) in [6.45, 7) is 8.49. The third kappa shape index (κ3) is 2.60. The first-order chi connectivity index (χ1) is 10.6. The molecule has 3 aromatic rings. The number of nitrogens with one attached hydrogen (secondary N) is 1. The van der Waals surface area contributed by atoms with Crippen LogP contribution in [0.3, 0.4) is 0 Å². The number of pyridine rings is 1. The normalized spacial score (nSPS) is 12.3. The number of aryl methyl sites for hydroxylation is 1. The number of halogens is 1. The zero-order chi connectivity index (χ0) is 15.7. The molecule has 1 aromatic carbocycles. The summed E-state index contributed by atoms with van der Waals surface area (Å²) >= 11 is 5.30. The highest BCUT2D eigenvalue weighted by molar-refractivity contribution is 6.08. The molecule has 0 saturated heterocycles. The van der Waals surface area contributed by atoms with E-state index in [-0.39, 0.29) is 5.92 Å². The second-order valence-electron chi connectivity index (χ2n) is 5.51. The average Bonchev–Trinajstić information content (AvgIpc) is 2.96. The molecule has 0 bridgehead atoms. The third-order valence-corrected chi connectivity index (χ3v) is 4.20. The van der Waals surface area contributed by atoms with Crippen LogP contribution in [0, 0.1) is 6.92 Å². The van der Waals surface area contributed by atoms with Crippen molar-refractivity contribution in [3.63, 3.8) is 0 Å². The first-order valence-electron chi connectivity index (χ1n) is 7.11. The van der Waals surface area contributed by atoms with E-state index < -0.39 is 0 Å². The number of hydrogen-bond donors (Lipinski definition) is 1. The van der Waals surface area contributed by atoms with Gasteiger partial charge in [0.1, 0.15) is 11.9 Å². The van der Waals surface area contributed by atoms with E-state index >= 15 is 0 Å². The lowest BCUT2D eigenvalue weighted by atomic mass is 9.90. The molecule has 1 atom stereocenters. The Balaban J connectivity index is 1.94. The predicted octanol–water partition coefficient (Wildman–Crippen LogP) is 5.22. The van der Waals surface area contributed by atoms with Crippen LogP contribution in [0.5, 0.6) is 5.88 Å². The van der Waals surface area contributed by atoms with E-state index in [0.29, 0.717) is 5.88 Å². The van der Waals surface area contributed by atoms with E-state index in [1.807, 2.05) is 12.3 Å². The molecule has 2 aromatic heterocycles. The maximum atomic E-state index is 5.30. The van der Waals surface area contributed by atoms with Crippen LogP contribution in [0.1, 0.15) is 29.5 Å². The van der Waals surface area contributed by atoms with Crippen LogP contribution in [-0.2, 0) is 0 Å². The zero-order valence-electron chi connectivity index (χ0n) is 12.6. The topological polar surface area (TPSA) is 37.9 Å². The lowest BCUT2D eigenvalue weighted by Crippen LogP contribution is -1.97. The quantitative estimate of drug-likeness (QED) is 0.717. The van der Waals surface area contributed by atoms with Crippen LogP contribution >= 0.6 is 11.9 Å². The van der Waals surface area contributed by atoms with Gasteiger partial charge in [-0.1, -0.05) is 31.7 Å². The second-order valence-corrected chi connectivity index (χ2v) is 5.66. The largest absolute Gasteiger partial charge is 0.365 e. The summed E-state index contributed by atoms with van der Waals surface area (Å²) in [6.07, 6.45) is 3.79. The minimum Gasteiger partial charge on any atom is -0.365 e. The van der Waals surface area contributed by atoms with Crippen molar-refractivity contribution in [2.24, 2.45) is 0 Å². The number of hydrogen-bond acceptors (Lipinski definition) is 2. The van der Waals surface area contributed by atoms with Gasteiger partial charge >= 0.3 is 0 Å². The van der Waals surface area contributed by atoms with Gasteiger partial charge in [-0.3, -0.25) is 0 Å². The number of benzene rings is 1. The van der Waals surface area contributed by atoms with E-state index in [4.69, 9.17) is 11.9 Å². The van der Waals surface area contributed by atoms with Crippen LogP contribution in [0.2, 0.25) is 0 Å². The average molecular weight is 313 g/mol. The predicted molar refractivity (Wildman–Crippen MR) is 91.2 cm³/mol. The van der Waals surface area contributed by atoms with Gasteiger partial charge in [-0.15, -0.1) is 0 Å². The summed E-state index contributed by atoms with van der Waals surface area (Å²) in [5, 5.41) is 1.19. The second kappa shape index (κ2) is 5.85. The summed E-state index contributed by atoms with van der Waals surface area (Å²) in [5.41, 5.74) is 5.63. The van der Waals surface area contributed by atoms with Crippen molar-refractivity contribution in [3.8, 4) is 5.88 Å². The molecule has 0 saturated carbocycles. The molecule has 0 amide bonds. The smallest absolute Gasteiger partial charge is 0.236 e. The highest BCUT2D eigenvalue weighted by Crippen LogP contribution is 2.34. The Morgan fingerprint density at radius 1 is 1.32 bits per heavy atom. The Labute approximate surface area is 134 Å². The maximum Gasteiger partial charge on any atom is 0.236 e. The monoisotopic (exact) mass is 312 g/mol. The lowest BCUT2D eigenvalue weighted by molar-refractivity contribution is 0.590. The van der Waals surface area contributed by atoms with Gasteiger partial charge in [0.25, 0.3) is 0 Å². The molecule has 0 aliphatic heterocycles. The van der Waals surface area contributed by atoms with Crippen LogP contribution in [0.15, 0.2) is 49.3 Å². The number of rotatable bonds is 4.